The van der Waals surface area contributed by atoms with Gasteiger partial charge in [-0.3, -0.25) is 4.79 Å². The molecule has 3 heterocycles. The highest BCUT2D eigenvalue weighted by molar-refractivity contribution is 7.21. The van der Waals surface area contributed by atoms with Crippen LogP contribution in [0.15, 0.2) is 12.1 Å². The van der Waals surface area contributed by atoms with E-state index in [0.29, 0.717) is 10.6 Å². The third-order valence-electron chi connectivity index (χ3n) is 4.24. The standard InChI is InChI=1S/C15H20N4OS/c1-15(6-3-7-18-8-15)10-5-4-9-11(16)12(13(20)17-2)21-14(9)19-10/h4-5,18H,3,6-8,16H2,1-2H3,(H,17,20). The highest BCUT2D eigenvalue weighted by Gasteiger charge is 2.30. The molecule has 2 aromatic rings. The van der Waals surface area contributed by atoms with Crippen molar-refractivity contribution >= 4 is 33.1 Å². The summed E-state index contributed by atoms with van der Waals surface area (Å²) in [7, 11) is 1.61. The lowest BCUT2D eigenvalue weighted by Gasteiger charge is -2.33. The Hall–Kier alpha value is -1.66. The fourth-order valence-electron chi connectivity index (χ4n) is 2.89. The second-order valence-electron chi connectivity index (χ2n) is 5.81. The van der Waals surface area contributed by atoms with Gasteiger partial charge in [-0.2, -0.15) is 0 Å². The van der Waals surface area contributed by atoms with E-state index in [4.69, 9.17) is 10.7 Å². The second-order valence-corrected chi connectivity index (χ2v) is 6.81. The quantitative estimate of drug-likeness (QED) is 0.791. The van der Waals surface area contributed by atoms with Crippen molar-refractivity contribution in [1.82, 2.24) is 15.6 Å². The van der Waals surface area contributed by atoms with Gasteiger partial charge in [0, 0.05) is 30.1 Å². The Morgan fingerprint density at radius 1 is 1.52 bits per heavy atom. The molecule has 1 atom stereocenters. The first-order chi connectivity index (χ1) is 10.0. The zero-order valence-electron chi connectivity index (χ0n) is 12.3. The minimum Gasteiger partial charge on any atom is -0.397 e. The lowest BCUT2D eigenvalue weighted by atomic mass is 9.79. The second kappa shape index (κ2) is 5.27. The van der Waals surface area contributed by atoms with Crippen LogP contribution in [0.3, 0.4) is 0 Å². The Morgan fingerprint density at radius 3 is 3.00 bits per heavy atom. The van der Waals surface area contributed by atoms with E-state index in [1.165, 1.54) is 11.3 Å². The van der Waals surface area contributed by atoms with Crippen LogP contribution in [0.5, 0.6) is 0 Å². The highest BCUT2D eigenvalue weighted by atomic mass is 32.1. The molecule has 0 saturated carbocycles. The third-order valence-corrected chi connectivity index (χ3v) is 5.36. The van der Waals surface area contributed by atoms with Gasteiger partial charge in [-0.1, -0.05) is 6.92 Å². The summed E-state index contributed by atoms with van der Waals surface area (Å²) < 4.78 is 0. The number of nitrogens with two attached hydrogens (primary N) is 1. The Morgan fingerprint density at radius 2 is 2.33 bits per heavy atom. The smallest absolute Gasteiger partial charge is 0.263 e. The highest BCUT2D eigenvalue weighted by Crippen LogP contribution is 2.36. The topological polar surface area (TPSA) is 80.0 Å². The molecule has 0 spiro atoms. The number of carbonyl (C=O) groups excluding carboxylic acids is 1. The zero-order valence-corrected chi connectivity index (χ0v) is 13.1. The molecule has 2 aromatic heterocycles. The fourth-order valence-corrected chi connectivity index (χ4v) is 3.93. The first-order valence-electron chi connectivity index (χ1n) is 7.17. The zero-order chi connectivity index (χ0) is 15.0. The van der Waals surface area contributed by atoms with Gasteiger partial charge in [-0.05, 0) is 31.5 Å². The summed E-state index contributed by atoms with van der Waals surface area (Å²) >= 11 is 1.36. The molecule has 1 amide bonds. The molecule has 1 unspecified atom stereocenters. The summed E-state index contributed by atoms with van der Waals surface area (Å²) in [5, 5.41) is 6.93. The van der Waals surface area contributed by atoms with Crippen LogP contribution < -0.4 is 16.4 Å². The van der Waals surface area contributed by atoms with Gasteiger partial charge in [-0.15, -0.1) is 11.3 Å². The predicted molar refractivity (Wildman–Crippen MR) is 86.9 cm³/mol. The summed E-state index contributed by atoms with van der Waals surface area (Å²) in [5.41, 5.74) is 7.73. The molecular formula is C15H20N4OS. The number of anilines is 1. The van der Waals surface area contributed by atoms with Crippen LogP contribution in [0, 0.1) is 0 Å². The number of aromatic nitrogens is 1. The summed E-state index contributed by atoms with van der Waals surface area (Å²) in [4.78, 5) is 18.0. The maximum absolute atomic E-state index is 11.8. The van der Waals surface area contributed by atoms with Crippen LogP contribution in [0.1, 0.15) is 35.1 Å². The Balaban J connectivity index is 2.06. The molecule has 0 radical (unpaired) electrons. The Kier molecular flexibility index (Phi) is 3.59. The molecule has 3 rings (SSSR count). The molecule has 0 aromatic carbocycles. The normalized spacial score (nSPS) is 22.4. The average molecular weight is 304 g/mol. The SMILES string of the molecule is CNC(=O)c1sc2nc(C3(C)CCCNC3)ccc2c1N. The number of fused-ring (bicyclic) bond motifs is 1. The Labute approximate surface area is 127 Å². The number of nitrogens with zero attached hydrogens (tertiary/aromatic N) is 1. The molecule has 21 heavy (non-hydrogen) atoms. The van der Waals surface area contributed by atoms with Gasteiger partial charge in [0.25, 0.3) is 5.91 Å². The van der Waals surface area contributed by atoms with E-state index >= 15 is 0 Å². The predicted octanol–water partition coefficient (Wildman–Crippen LogP) is 1.88. The minimum atomic E-state index is -0.150. The molecular weight excluding hydrogens is 284 g/mol. The first-order valence-corrected chi connectivity index (χ1v) is 7.99. The van der Waals surface area contributed by atoms with Gasteiger partial charge >= 0.3 is 0 Å². The van der Waals surface area contributed by atoms with E-state index in [0.717, 1.165) is 41.8 Å². The molecule has 6 heteroatoms. The van der Waals surface area contributed by atoms with Gasteiger partial charge in [0.15, 0.2) is 0 Å². The van der Waals surface area contributed by atoms with Crippen LogP contribution in [0.25, 0.3) is 10.2 Å². The van der Waals surface area contributed by atoms with Gasteiger partial charge in [0.05, 0.1) is 5.69 Å². The van der Waals surface area contributed by atoms with Crippen molar-refractivity contribution in [3.63, 3.8) is 0 Å². The number of thiophene rings is 1. The van der Waals surface area contributed by atoms with Gasteiger partial charge in [-0.25, -0.2) is 4.98 Å². The first kappa shape index (κ1) is 14.3. The summed E-state index contributed by atoms with van der Waals surface area (Å²) in [6, 6.07) is 4.04. The number of nitrogens with one attached hydrogen (secondary N) is 2. The van der Waals surface area contributed by atoms with Crippen molar-refractivity contribution in [3.8, 4) is 0 Å². The van der Waals surface area contributed by atoms with Crippen LogP contribution in [-0.2, 0) is 5.41 Å². The largest absolute Gasteiger partial charge is 0.397 e. The third kappa shape index (κ3) is 2.38. The van der Waals surface area contributed by atoms with Gasteiger partial charge in [0.1, 0.15) is 9.71 Å². The van der Waals surface area contributed by atoms with Crippen molar-refractivity contribution in [2.45, 2.75) is 25.2 Å². The van der Waals surface area contributed by atoms with E-state index in [1.54, 1.807) is 7.05 Å². The Bertz CT molecular complexity index is 688. The van der Waals surface area contributed by atoms with Crippen LogP contribution in [-0.4, -0.2) is 31.0 Å². The number of piperidine rings is 1. The lowest BCUT2D eigenvalue weighted by molar-refractivity contribution is 0.0968. The number of carbonyl (C=O) groups is 1. The molecule has 4 N–H and O–H groups in total. The number of pyridine rings is 1. The van der Waals surface area contributed by atoms with Crippen LogP contribution in [0.2, 0.25) is 0 Å². The van der Waals surface area contributed by atoms with E-state index in [-0.39, 0.29) is 11.3 Å². The van der Waals surface area contributed by atoms with E-state index in [2.05, 4.69) is 17.6 Å². The van der Waals surface area contributed by atoms with Crippen LogP contribution in [0.4, 0.5) is 5.69 Å². The maximum Gasteiger partial charge on any atom is 0.263 e. The molecule has 1 aliphatic heterocycles. The van der Waals surface area contributed by atoms with Crippen LogP contribution >= 0.6 is 11.3 Å². The van der Waals surface area contributed by atoms with Crippen molar-refractivity contribution < 1.29 is 4.79 Å². The number of rotatable bonds is 2. The van der Waals surface area contributed by atoms with Gasteiger partial charge < -0.3 is 16.4 Å². The fraction of sp³-hybridized carbons (Fsp3) is 0.467. The van der Waals surface area contributed by atoms with Crippen molar-refractivity contribution in [2.24, 2.45) is 0 Å². The number of hydrogen-bond donors (Lipinski definition) is 3. The van der Waals surface area contributed by atoms with E-state index < -0.39 is 0 Å². The maximum atomic E-state index is 11.8. The molecule has 112 valence electrons. The lowest BCUT2D eigenvalue weighted by Crippen LogP contribution is -2.41. The monoisotopic (exact) mass is 304 g/mol. The molecule has 1 saturated heterocycles. The molecule has 1 fully saturated rings. The van der Waals surface area contributed by atoms with E-state index in [9.17, 15) is 4.79 Å². The number of amides is 1. The molecule has 5 nitrogen and oxygen atoms in total. The summed E-state index contributed by atoms with van der Waals surface area (Å²) in [6.07, 6.45) is 2.29. The average Bonchev–Trinajstić information content (AvgIpc) is 2.84. The van der Waals surface area contributed by atoms with Gasteiger partial charge in [0.2, 0.25) is 0 Å². The van der Waals surface area contributed by atoms with Crippen molar-refractivity contribution in [3.05, 3.63) is 22.7 Å². The van der Waals surface area contributed by atoms with Crippen molar-refractivity contribution in [2.75, 3.05) is 25.9 Å². The molecule has 0 bridgehead atoms. The summed E-state index contributed by atoms with van der Waals surface area (Å²) in [5.74, 6) is -0.150. The molecule has 1 aliphatic rings. The number of nitrogen functional groups attached to an aromatic ring is 1. The van der Waals surface area contributed by atoms with Crippen molar-refractivity contribution in [1.29, 1.82) is 0 Å². The molecule has 0 aliphatic carbocycles. The summed E-state index contributed by atoms with van der Waals surface area (Å²) in [6.45, 7) is 4.25. The van der Waals surface area contributed by atoms with E-state index in [1.807, 2.05) is 12.1 Å². The minimum absolute atomic E-state index is 0.0539. The number of hydrogen-bond acceptors (Lipinski definition) is 5.